The van der Waals surface area contributed by atoms with Crippen LogP contribution in [0.15, 0.2) is 36.4 Å². The summed E-state index contributed by atoms with van der Waals surface area (Å²) < 4.78 is 0. The zero-order chi connectivity index (χ0) is 18.1. The number of hydrogen-bond donors (Lipinski definition) is 1. The van der Waals surface area contributed by atoms with E-state index in [0.717, 1.165) is 0 Å². The normalized spacial score (nSPS) is 16.9. The van der Waals surface area contributed by atoms with E-state index in [1.165, 1.54) is 18.2 Å². The number of halogens is 1. The largest absolute Gasteiger partial charge is 0.388 e. The summed E-state index contributed by atoms with van der Waals surface area (Å²) in [6, 6.07) is 9.28. The Bertz CT molecular complexity index is 853. The van der Waals surface area contributed by atoms with Crippen LogP contribution in [0.3, 0.4) is 0 Å². The van der Waals surface area contributed by atoms with E-state index in [0.29, 0.717) is 46.8 Å². The lowest BCUT2D eigenvalue weighted by molar-refractivity contribution is -0.384. The van der Waals surface area contributed by atoms with E-state index in [1.54, 1.807) is 30.0 Å². The Balaban J connectivity index is 2.03. The van der Waals surface area contributed by atoms with Crippen LogP contribution in [0.1, 0.15) is 40.4 Å². The van der Waals surface area contributed by atoms with Crippen molar-refractivity contribution in [2.45, 2.75) is 25.9 Å². The number of aliphatic hydroxyl groups is 1. The molecule has 6 nitrogen and oxygen atoms in total. The maximum absolute atomic E-state index is 13.1. The molecule has 1 aliphatic heterocycles. The third kappa shape index (κ3) is 3.36. The highest BCUT2D eigenvalue weighted by atomic mass is 35.5. The molecule has 0 saturated carbocycles. The van der Waals surface area contributed by atoms with Gasteiger partial charge in [0.15, 0.2) is 0 Å². The first kappa shape index (κ1) is 17.4. The van der Waals surface area contributed by atoms with Crippen LogP contribution < -0.4 is 4.90 Å². The number of nitro groups is 1. The van der Waals surface area contributed by atoms with Gasteiger partial charge in [0.25, 0.3) is 11.6 Å². The van der Waals surface area contributed by atoms with E-state index in [1.807, 2.05) is 0 Å². The number of nitrogens with zero attached hydrogens (tertiary/aromatic N) is 2. The minimum Gasteiger partial charge on any atom is -0.388 e. The Morgan fingerprint density at radius 2 is 2.08 bits per heavy atom. The number of amides is 1. The molecule has 0 radical (unpaired) electrons. The molecule has 3 rings (SSSR count). The van der Waals surface area contributed by atoms with Gasteiger partial charge >= 0.3 is 0 Å². The zero-order valence-corrected chi connectivity index (χ0v) is 14.4. The Morgan fingerprint density at radius 3 is 2.76 bits per heavy atom. The van der Waals surface area contributed by atoms with Gasteiger partial charge in [0, 0.05) is 40.5 Å². The van der Waals surface area contributed by atoms with E-state index in [4.69, 9.17) is 11.6 Å². The van der Waals surface area contributed by atoms with Gasteiger partial charge in [0.05, 0.1) is 11.0 Å². The summed E-state index contributed by atoms with van der Waals surface area (Å²) in [5, 5.41) is 21.7. The molecule has 0 aliphatic carbocycles. The SMILES string of the molecule is Cc1cc([N+](=O)[O-])ccc1C(=O)N1CCCC(O)c2cc(Cl)ccc21. The summed E-state index contributed by atoms with van der Waals surface area (Å²) in [4.78, 5) is 25.1. The van der Waals surface area contributed by atoms with Crippen molar-refractivity contribution in [3.05, 3.63) is 68.2 Å². The summed E-state index contributed by atoms with van der Waals surface area (Å²) in [5.41, 5.74) is 2.14. The van der Waals surface area contributed by atoms with Gasteiger partial charge in [0.1, 0.15) is 0 Å². The first-order chi connectivity index (χ1) is 11.9. The van der Waals surface area contributed by atoms with E-state index < -0.39 is 11.0 Å². The molecule has 130 valence electrons. The predicted octanol–water partition coefficient (Wildman–Crippen LogP) is 4.03. The molecule has 0 bridgehead atoms. The van der Waals surface area contributed by atoms with Crippen LogP contribution in [0, 0.1) is 17.0 Å². The highest BCUT2D eigenvalue weighted by molar-refractivity contribution is 6.30. The smallest absolute Gasteiger partial charge is 0.269 e. The number of rotatable bonds is 2. The lowest BCUT2D eigenvalue weighted by atomic mass is 10.0. The molecule has 2 aromatic carbocycles. The molecule has 1 unspecified atom stereocenters. The van der Waals surface area contributed by atoms with Crippen LogP contribution in [0.2, 0.25) is 5.02 Å². The van der Waals surface area contributed by atoms with E-state index in [2.05, 4.69) is 0 Å². The molecule has 1 N–H and O–H groups in total. The topological polar surface area (TPSA) is 83.7 Å². The number of carbonyl (C=O) groups excluding carboxylic acids is 1. The summed E-state index contributed by atoms with van der Waals surface area (Å²) in [5.74, 6) is -0.245. The first-order valence-corrected chi connectivity index (χ1v) is 8.30. The molecule has 1 amide bonds. The molecule has 0 aromatic heterocycles. The van der Waals surface area contributed by atoms with Gasteiger partial charge < -0.3 is 10.0 Å². The summed E-state index contributed by atoms with van der Waals surface area (Å²) in [6.45, 7) is 2.14. The number of hydrogen-bond acceptors (Lipinski definition) is 4. The van der Waals surface area contributed by atoms with Crippen molar-refractivity contribution in [3.8, 4) is 0 Å². The first-order valence-electron chi connectivity index (χ1n) is 7.93. The van der Waals surface area contributed by atoms with Crippen molar-refractivity contribution in [2.24, 2.45) is 0 Å². The average molecular weight is 361 g/mol. The van der Waals surface area contributed by atoms with Crippen molar-refractivity contribution in [1.29, 1.82) is 0 Å². The molecule has 25 heavy (non-hydrogen) atoms. The lowest BCUT2D eigenvalue weighted by Crippen LogP contribution is -2.32. The lowest BCUT2D eigenvalue weighted by Gasteiger charge is -2.24. The third-order valence-electron chi connectivity index (χ3n) is 4.40. The number of aliphatic hydroxyl groups excluding tert-OH is 1. The molecule has 0 fully saturated rings. The van der Waals surface area contributed by atoms with E-state index in [-0.39, 0.29) is 11.6 Å². The van der Waals surface area contributed by atoms with E-state index >= 15 is 0 Å². The molecule has 7 heteroatoms. The van der Waals surface area contributed by atoms with Gasteiger partial charge in [-0.2, -0.15) is 0 Å². The van der Waals surface area contributed by atoms with Crippen LogP contribution in [0.5, 0.6) is 0 Å². The number of aryl methyl sites for hydroxylation is 1. The third-order valence-corrected chi connectivity index (χ3v) is 4.63. The molecular formula is C18H17ClN2O4. The molecule has 0 saturated heterocycles. The van der Waals surface area contributed by atoms with Gasteiger partial charge in [0.2, 0.25) is 0 Å². The quantitative estimate of drug-likeness (QED) is 0.647. The molecule has 1 atom stereocenters. The minimum atomic E-state index is -0.676. The van der Waals surface area contributed by atoms with Crippen molar-refractivity contribution >= 4 is 28.9 Å². The van der Waals surface area contributed by atoms with E-state index in [9.17, 15) is 20.0 Å². The van der Waals surface area contributed by atoms with Crippen molar-refractivity contribution < 1.29 is 14.8 Å². The maximum atomic E-state index is 13.1. The number of benzene rings is 2. The fraction of sp³-hybridized carbons (Fsp3) is 0.278. The fourth-order valence-electron chi connectivity index (χ4n) is 3.11. The Labute approximate surface area is 149 Å². The molecule has 1 heterocycles. The second-order valence-electron chi connectivity index (χ2n) is 6.07. The van der Waals surface area contributed by atoms with Crippen molar-refractivity contribution in [2.75, 3.05) is 11.4 Å². The van der Waals surface area contributed by atoms with Gasteiger partial charge in [-0.3, -0.25) is 14.9 Å². The number of carbonyl (C=O) groups is 1. The highest BCUT2D eigenvalue weighted by Crippen LogP contribution is 2.35. The van der Waals surface area contributed by atoms with Crippen molar-refractivity contribution in [1.82, 2.24) is 0 Å². The number of nitro benzene ring substituents is 1. The number of fused-ring (bicyclic) bond motifs is 1. The standard InChI is InChI=1S/C18H17ClN2O4/c1-11-9-13(21(24)25)5-6-14(11)18(23)20-8-2-3-17(22)15-10-12(19)4-7-16(15)20/h4-7,9-10,17,22H,2-3,8H2,1H3. The summed E-state index contributed by atoms with van der Waals surface area (Å²) in [7, 11) is 0. The van der Waals surface area contributed by atoms with Crippen LogP contribution in [-0.2, 0) is 0 Å². The maximum Gasteiger partial charge on any atom is 0.269 e. The van der Waals surface area contributed by atoms with Gasteiger partial charge in [-0.15, -0.1) is 0 Å². The number of anilines is 1. The monoisotopic (exact) mass is 360 g/mol. The highest BCUT2D eigenvalue weighted by Gasteiger charge is 2.27. The van der Waals surface area contributed by atoms with Crippen LogP contribution in [-0.4, -0.2) is 22.5 Å². The minimum absolute atomic E-state index is 0.0486. The van der Waals surface area contributed by atoms with Gasteiger partial charge in [-0.05, 0) is 49.6 Å². The summed E-state index contributed by atoms with van der Waals surface area (Å²) in [6.07, 6.45) is 0.506. The zero-order valence-electron chi connectivity index (χ0n) is 13.6. The molecule has 0 spiro atoms. The molecule has 2 aromatic rings. The molecule has 1 aliphatic rings. The predicted molar refractivity (Wildman–Crippen MR) is 95.2 cm³/mol. The van der Waals surface area contributed by atoms with Gasteiger partial charge in [-0.25, -0.2) is 0 Å². The van der Waals surface area contributed by atoms with Crippen LogP contribution in [0.25, 0.3) is 0 Å². The Morgan fingerprint density at radius 1 is 1.32 bits per heavy atom. The van der Waals surface area contributed by atoms with Gasteiger partial charge in [-0.1, -0.05) is 11.6 Å². The van der Waals surface area contributed by atoms with Crippen LogP contribution in [0.4, 0.5) is 11.4 Å². The molecular weight excluding hydrogens is 344 g/mol. The second kappa shape index (κ2) is 6.82. The fourth-order valence-corrected chi connectivity index (χ4v) is 3.30. The summed E-state index contributed by atoms with van der Waals surface area (Å²) >= 11 is 6.03. The van der Waals surface area contributed by atoms with Crippen LogP contribution >= 0.6 is 11.6 Å². The van der Waals surface area contributed by atoms with Crippen molar-refractivity contribution in [3.63, 3.8) is 0 Å². The Hall–Kier alpha value is -2.44. The number of non-ortho nitro benzene ring substituents is 1. The second-order valence-corrected chi connectivity index (χ2v) is 6.51. The Kier molecular flexibility index (Phi) is 4.74. The average Bonchev–Trinajstić information content (AvgIpc) is 2.73.